The van der Waals surface area contributed by atoms with Crippen molar-refractivity contribution in [3.05, 3.63) is 95.5 Å². The summed E-state index contributed by atoms with van der Waals surface area (Å²) in [5.74, 6) is 0.131. The van der Waals surface area contributed by atoms with Gasteiger partial charge in [0, 0.05) is 6.07 Å². The summed E-state index contributed by atoms with van der Waals surface area (Å²) in [5.41, 5.74) is 0.507. The number of nitrogens with zero attached hydrogens (tertiary/aromatic N) is 3. The second-order valence-electron chi connectivity index (χ2n) is 6.51. The average molecular weight is 458 g/mol. The van der Waals surface area contributed by atoms with Crippen molar-refractivity contribution in [3.63, 3.8) is 0 Å². The van der Waals surface area contributed by atoms with Crippen molar-refractivity contribution in [2.45, 2.75) is 6.92 Å². The van der Waals surface area contributed by atoms with Gasteiger partial charge in [-0.25, -0.2) is 9.89 Å². The number of aromatic nitrogens is 5. The van der Waals surface area contributed by atoms with Gasteiger partial charge in [-0.05, 0) is 24.6 Å². The van der Waals surface area contributed by atoms with Crippen LogP contribution < -0.4 is 21.5 Å². The Morgan fingerprint density at radius 3 is 2.45 bits per heavy atom. The van der Waals surface area contributed by atoms with Crippen LogP contribution in [0.1, 0.15) is 5.56 Å². The van der Waals surface area contributed by atoms with Gasteiger partial charge in [-0.15, -0.1) is 5.10 Å². The number of H-pyrrole nitrogens is 2. The Balaban J connectivity index is 1.72. The first-order valence-corrected chi connectivity index (χ1v) is 9.60. The summed E-state index contributed by atoms with van der Waals surface area (Å²) in [4.78, 5) is 37.5. The molecule has 0 fully saturated rings. The molecule has 0 atom stereocenters. The van der Waals surface area contributed by atoms with Gasteiger partial charge in [0.1, 0.15) is 6.20 Å². The van der Waals surface area contributed by atoms with Gasteiger partial charge >= 0.3 is 5.69 Å². The van der Waals surface area contributed by atoms with Gasteiger partial charge in [-0.3, -0.25) is 14.6 Å². The average Bonchev–Trinajstić information content (AvgIpc) is 2.71. The van der Waals surface area contributed by atoms with Crippen LogP contribution in [0.4, 0.5) is 0 Å². The first kappa shape index (κ1) is 20.6. The molecule has 2 N–H and O–H groups in total. The number of rotatable bonds is 4. The molecule has 0 bridgehead atoms. The van der Waals surface area contributed by atoms with Crippen LogP contribution in [0.2, 0.25) is 10.0 Å². The monoisotopic (exact) mass is 457 g/mol. The fraction of sp³-hybridized carbons (Fsp3) is 0.0500. The molecular weight excluding hydrogens is 445 g/mol. The zero-order chi connectivity index (χ0) is 22.1. The zero-order valence-electron chi connectivity index (χ0n) is 15.8. The largest absolute Gasteiger partial charge is 0.434 e. The third-order valence-electron chi connectivity index (χ3n) is 4.26. The van der Waals surface area contributed by atoms with Gasteiger partial charge < -0.3 is 4.74 Å². The summed E-state index contributed by atoms with van der Waals surface area (Å²) in [6.07, 6.45) is 0.949. The molecule has 0 unspecified atom stereocenters. The highest BCUT2D eigenvalue weighted by molar-refractivity contribution is 6.37. The summed E-state index contributed by atoms with van der Waals surface area (Å²) in [6.45, 7) is 1.92. The minimum Gasteiger partial charge on any atom is -0.434 e. The highest BCUT2D eigenvalue weighted by Gasteiger charge is 2.15. The second kappa shape index (κ2) is 8.21. The zero-order valence-corrected chi connectivity index (χ0v) is 17.4. The van der Waals surface area contributed by atoms with Gasteiger partial charge in [0.25, 0.3) is 11.1 Å². The topological polar surface area (TPSA) is 123 Å². The molecule has 0 radical (unpaired) electrons. The van der Waals surface area contributed by atoms with Gasteiger partial charge in [0.2, 0.25) is 5.88 Å². The fourth-order valence-corrected chi connectivity index (χ4v) is 3.43. The van der Waals surface area contributed by atoms with E-state index in [1.807, 2.05) is 25.1 Å². The molecule has 2 aromatic carbocycles. The SMILES string of the molecule is Cc1cccc(-c2cc(Oc3c(Cl)cc(-n4ncc(=O)[nH]c4=O)cc3Cl)n[nH]c2=O)c1. The number of hydrogen-bond acceptors (Lipinski definition) is 6. The van der Waals surface area contributed by atoms with Crippen molar-refractivity contribution < 1.29 is 4.74 Å². The van der Waals surface area contributed by atoms with Gasteiger partial charge in [0.15, 0.2) is 5.75 Å². The van der Waals surface area contributed by atoms with Crippen LogP contribution in [0, 0.1) is 6.92 Å². The highest BCUT2D eigenvalue weighted by Crippen LogP contribution is 2.37. The molecule has 2 heterocycles. The number of ether oxygens (including phenoxy) is 1. The summed E-state index contributed by atoms with van der Waals surface area (Å²) in [7, 11) is 0. The van der Waals surface area contributed by atoms with Crippen molar-refractivity contribution in [2.75, 3.05) is 0 Å². The van der Waals surface area contributed by atoms with E-state index in [1.165, 1.54) is 18.2 Å². The van der Waals surface area contributed by atoms with Crippen LogP contribution in [0.3, 0.4) is 0 Å². The predicted molar refractivity (Wildman–Crippen MR) is 116 cm³/mol. The van der Waals surface area contributed by atoms with Gasteiger partial charge in [0.05, 0.1) is 21.3 Å². The lowest BCUT2D eigenvalue weighted by Crippen LogP contribution is -2.30. The van der Waals surface area contributed by atoms with E-state index < -0.39 is 11.2 Å². The van der Waals surface area contributed by atoms with E-state index in [0.29, 0.717) is 11.1 Å². The van der Waals surface area contributed by atoms with E-state index in [-0.39, 0.29) is 32.9 Å². The molecule has 0 saturated heterocycles. The minimum absolute atomic E-state index is 0.0620. The first-order valence-electron chi connectivity index (χ1n) is 8.84. The van der Waals surface area contributed by atoms with Crippen molar-refractivity contribution in [1.82, 2.24) is 25.0 Å². The Morgan fingerprint density at radius 2 is 1.77 bits per heavy atom. The number of halogens is 2. The lowest BCUT2D eigenvalue weighted by Gasteiger charge is -2.12. The predicted octanol–water partition coefficient (Wildman–Crippen LogP) is 3.08. The molecule has 0 aliphatic rings. The number of benzene rings is 2. The van der Waals surface area contributed by atoms with Crippen molar-refractivity contribution in [2.24, 2.45) is 0 Å². The molecule has 4 aromatic rings. The first-order chi connectivity index (χ1) is 14.8. The summed E-state index contributed by atoms with van der Waals surface area (Å²) in [6, 6.07) is 11.7. The lowest BCUT2D eigenvalue weighted by molar-refractivity contribution is 0.455. The van der Waals surface area contributed by atoms with E-state index in [1.54, 1.807) is 6.07 Å². The number of aryl methyl sites for hydroxylation is 1. The van der Waals surface area contributed by atoms with E-state index in [4.69, 9.17) is 27.9 Å². The molecule has 0 saturated carbocycles. The van der Waals surface area contributed by atoms with Crippen LogP contribution >= 0.6 is 23.2 Å². The number of aromatic amines is 2. The molecule has 9 nitrogen and oxygen atoms in total. The van der Waals surface area contributed by atoms with Crippen LogP contribution in [0.5, 0.6) is 11.6 Å². The molecule has 0 aliphatic heterocycles. The van der Waals surface area contributed by atoms with E-state index >= 15 is 0 Å². The Kier molecular flexibility index (Phi) is 5.45. The summed E-state index contributed by atoms with van der Waals surface area (Å²) >= 11 is 12.6. The quantitative estimate of drug-likeness (QED) is 0.485. The Bertz CT molecular complexity index is 1450. The fourth-order valence-electron chi connectivity index (χ4n) is 2.87. The van der Waals surface area contributed by atoms with Crippen LogP contribution in [-0.4, -0.2) is 25.0 Å². The molecule has 0 aliphatic carbocycles. The highest BCUT2D eigenvalue weighted by atomic mass is 35.5. The third kappa shape index (κ3) is 4.27. The van der Waals surface area contributed by atoms with E-state index in [9.17, 15) is 14.4 Å². The molecule has 2 aromatic heterocycles. The number of nitrogens with one attached hydrogen (secondary N) is 2. The van der Waals surface area contributed by atoms with E-state index in [0.717, 1.165) is 16.4 Å². The summed E-state index contributed by atoms with van der Waals surface area (Å²) in [5, 5.41) is 10.2. The number of hydrogen-bond donors (Lipinski definition) is 2. The summed E-state index contributed by atoms with van der Waals surface area (Å²) < 4.78 is 6.64. The standard InChI is InChI=1S/C20H13Cl2N5O4/c1-10-3-2-4-11(5-10)13-8-17(25-26-19(13)29)31-18-14(21)6-12(7-15(18)22)27-20(30)24-16(28)9-23-27/h2-9H,1H3,(H,26,29)(H,24,28,30). The van der Waals surface area contributed by atoms with Crippen molar-refractivity contribution in [1.29, 1.82) is 0 Å². The van der Waals surface area contributed by atoms with E-state index in [2.05, 4.69) is 20.3 Å². The van der Waals surface area contributed by atoms with Crippen molar-refractivity contribution in [3.8, 4) is 28.4 Å². The molecule has 31 heavy (non-hydrogen) atoms. The lowest BCUT2D eigenvalue weighted by atomic mass is 10.1. The minimum atomic E-state index is -0.751. The Labute approximate surface area is 183 Å². The smallest absolute Gasteiger partial charge is 0.349 e. The maximum Gasteiger partial charge on any atom is 0.349 e. The van der Waals surface area contributed by atoms with Gasteiger partial charge in [-0.1, -0.05) is 53.0 Å². The van der Waals surface area contributed by atoms with Gasteiger partial charge in [-0.2, -0.15) is 9.78 Å². The molecule has 156 valence electrons. The molecular formula is C20H13Cl2N5O4. The maximum absolute atomic E-state index is 12.2. The maximum atomic E-state index is 12.2. The molecule has 11 heteroatoms. The second-order valence-corrected chi connectivity index (χ2v) is 7.32. The van der Waals surface area contributed by atoms with Crippen LogP contribution in [-0.2, 0) is 0 Å². The molecule has 0 spiro atoms. The Morgan fingerprint density at radius 1 is 1.03 bits per heavy atom. The normalized spacial score (nSPS) is 10.8. The van der Waals surface area contributed by atoms with Crippen LogP contribution in [0.25, 0.3) is 16.8 Å². The molecule has 4 rings (SSSR count). The molecule has 0 amide bonds. The third-order valence-corrected chi connectivity index (χ3v) is 4.82. The Hall–Kier alpha value is -3.69. The van der Waals surface area contributed by atoms with Crippen molar-refractivity contribution >= 4 is 23.2 Å². The van der Waals surface area contributed by atoms with Crippen LogP contribution in [0.15, 0.2) is 63.0 Å².